The molecule has 1 amide bonds. The maximum absolute atomic E-state index is 13.4. The molecular formula is C23H22Cl2N2O3S. The summed E-state index contributed by atoms with van der Waals surface area (Å²) in [4.78, 5) is 12.7. The second-order valence-electron chi connectivity index (χ2n) is 7.04. The number of nitrogens with zero attached hydrogens (tertiary/aromatic N) is 1. The first kappa shape index (κ1) is 23.1. The van der Waals surface area contributed by atoms with E-state index in [1.807, 2.05) is 26.0 Å². The van der Waals surface area contributed by atoms with Crippen molar-refractivity contribution < 1.29 is 13.2 Å². The molecule has 1 N–H and O–H groups in total. The molecule has 5 nitrogen and oxygen atoms in total. The highest BCUT2D eigenvalue weighted by Crippen LogP contribution is 2.33. The maximum atomic E-state index is 13.4. The van der Waals surface area contributed by atoms with Crippen molar-refractivity contribution in [2.24, 2.45) is 0 Å². The van der Waals surface area contributed by atoms with Crippen molar-refractivity contribution >= 4 is 50.5 Å². The molecule has 0 aliphatic carbocycles. The lowest BCUT2D eigenvalue weighted by Gasteiger charge is -2.24. The highest BCUT2D eigenvalue weighted by molar-refractivity contribution is 7.93. The smallest absolute Gasteiger partial charge is 0.265 e. The maximum Gasteiger partial charge on any atom is 0.265 e. The Balaban J connectivity index is 2.03. The monoisotopic (exact) mass is 476 g/mol. The van der Waals surface area contributed by atoms with Gasteiger partial charge in [-0.05, 0) is 56.7 Å². The Morgan fingerprint density at radius 3 is 2.26 bits per heavy atom. The minimum atomic E-state index is -4.03. The van der Waals surface area contributed by atoms with Crippen molar-refractivity contribution in [3.8, 4) is 0 Å². The van der Waals surface area contributed by atoms with E-state index in [0.717, 1.165) is 11.1 Å². The van der Waals surface area contributed by atoms with Crippen LogP contribution < -0.4 is 9.62 Å². The Labute approximate surface area is 192 Å². The third kappa shape index (κ3) is 4.87. The van der Waals surface area contributed by atoms with Gasteiger partial charge >= 0.3 is 0 Å². The molecule has 3 rings (SSSR count). The largest absolute Gasteiger partial charge is 0.322 e. The Morgan fingerprint density at radius 2 is 1.65 bits per heavy atom. The molecule has 0 aliphatic heterocycles. The SMILES string of the molecule is CCN(c1ccccc1)S(=O)(=O)c1cc(C(=O)Nc2ccc(C)cc2C)c(Cl)cc1Cl. The zero-order valence-electron chi connectivity index (χ0n) is 17.3. The fourth-order valence-corrected chi connectivity index (χ4v) is 5.56. The molecule has 0 unspecified atom stereocenters. The number of anilines is 2. The van der Waals surface area contributed by atoms with Gasteiger partial charge in [0.2, 0.25) is 0 Å². The zero-order valence-corrected chi connectivity index (χ0v) is 19.6. The number of hydrogen-bond donors (Lipinski definition) is 1. The lowest BCUT2D eigenvalue weighted by Crippen LogP contribution is -2.31. The van der Waals surface area contributed by atoms with Crippen LogP contribution in [0.1, 0.15) is 28.4 Å². The van der Waals surface area contributed by atoms with Crippen LogP contribution in [-0.2, 0) is 10.0 Å². The van der Waals surface area contributed by atoms with Gasteiger partial charge in [-0.25, -0.2) is 8.42 Å². The molecule has 0 spiro atoms. The van der Waals surface area contributed by atoms with Gasteiger partial charge in [-0.2, -0.15) is 0 Å². The summed E-state index contributed by atoms with van der Waals surface area (Å²) in [5.41, 5.74) is 3.08. The third-order valence-electron chi connectivity index (χ3n) is 4.80. The Morgan fingerprint density at radius 1 is 0.968 bits per heavy atom. The van der Waals surface area contributed by atoms with Gasteiger partial charge < -0.3 is 5.32 Å². The van der Waals surface area contributed by atoms with E-state index in [2.05, 4.69) is 5.32 Å². The van der Waals surface area contributed by atoms with Crippen molar-refractivity contribution in [3.05, 3.63) is 87.4 Å². The quantitative estimate of drug-likeness (QED) is 0.468. The number of halogens is 2. The van der Waals surface area contributed by atoms with E-state index in [4.69, 9.17) is 23.2 Å². The fourth-order valence-electron chi connectivity index (χ4n) is 3.25. The first-order valence-corrected chi connectivity index (χ1v) is 11.8. The van der Waals surface area contributed by atoms with Crippen molar-refractivity contribution in [1.29, 1.82) is 0 Å². The summed E-state index contributed by atoms with van der Waals surface area (Å²) in [6, 6.07) is 16.8. The Hall–Kier alpha value is -2.54. The number of nitrogens with one attached hydrogen (secondary N) is 1. The van der Waals surface area contributed by atoms with E-state index >= 15 is 0 Å². The standard InChI is InChI=1S/C23H22Cl2N2O3S/c1-4-27(17-8-6-5-7-9-17)31(29,30)22-13-18(19(24)14-20(22)25)23(28)26-21-11-10-15(2)12-16(21)3/h5-14H,4H2,1-3H3,(H,26,28). The lowest BCUT2D eigenvalue weighted by molar-refractivity contribution is 0.102. The molecule has 31 heavy (non-hydrogen) atoms. The summed E-state index contributed by atoms with van der Waals surface area (Å²) in [5, 5.41) is 2.80. The molecule has 162 valence electrons. The Kier molecular flexibility index (Phi) is 6.94. The molecule has 8 heteroatoms. The van der Waals surface area contributed by atoms with Gasteiger partial charge in [-0.1, -0.05) is 59.1 Å². The minimum absolute atomic E-state index is 0.0220. The summed E-state index contributed by atoms with van der Waals surface area (Å²) in [6.07, 6.45) is 0. The van der Waals surface area contributed by atoms with Crippen LogP contribution >= 0.6 is 23.2 Å². The number of hydrogen-bond acceptors (Lipinski definition) is 3. The third-order valence-corrected chi connectivity index (χ3v) is 7.48. The topological polar surface area (TPSA) is 66.5 Å². The van der Waals surface area contributed by atoms with Crippen LogP contribution in [0.5, 0.6) is 0 Å². The van der Waals surface area contributed by atoms with Crippen LogP contribution in [-0.4, -0.2) is 20.9 Å². The molecular weight excluding hydrogens is 455 g/mol. The van der Waals surface area contributed by atoms with Gasteiger partial charge in [0.05, 0.1) is 21.3 Å². The number of sulfonamides is 1. The number of carbonyl (C=O) groups excluding carboxylic acids is 1. The van der Waals surface area contributed by atoms with Crippen LogP contribution in [0.4, 0.5) is 11.4 Å². The predicted molar refractivity (Wildman–Crippen MR) is 127 cm³/mol. The summed E-state index contributed by atoms with van der Waals surface area (Å²) < 4.78 is 28.0. The van der Waals surface area contributed by atoms with Crippen molar-refractivity contribution in [2.45, 2.75) is 25.7 Å². The van der Waals surface area contributed by atoms with Gasteiger partial charge in [-0.3, -0.25) is 9.10 Å². The molecule has 0 heterocycles. The molecule has 3 aromatic carbocycles. The molecule has 0 radical (unpaired) electrons. The Bertz CT molecular complexity index is 1230. The van der Waals surface area contributed by atoms with E-state index in [0.29, 0.717) is 11.4 Å². The van der Waals surface area contributed by atoms with Crippen molar-refractivity contribution in [2.75, 3.05) is 16.2 Å². The van der Waals surface area contributed by atoms with Gasteiger partial charge in [0, 0.05) is 12.2 Å². The van der Waals surface area contributed by atoms with Crippen molar-refractivity contribution in [1.82, 2.24) is 0 Å². The fraction of sp³-hybridized carbons (Fsp3) is 0.174. The second kappa shape index (κ2) is 9.30. The van der Waals surface area contributed by atoms with Gasteiger partial charge in [0.1, 0.15) is 4.90 Å². The average Bonchev–Trinajstić information content (AvgIpc) is 2.71. The molecule has 0 saturated heterocycles. The number of rotatable bonds is 6. The first-order chi connectivity index (χ1) is 14.6. The van der Waals surface area contributed by atoms with Crippen LogP contribution in [0, 0.1) is 13.8 Å². The summed E-state index contributed by atoms with van der Waals surface area (Å²) >= 11 is 12.5. The van der Waals surface area contributed by atoms with E-state index in [-0.39, 0.29) is 27.0 Å². The van der Waals surface area contributed by atoms with E-state index in [1.54, 1.807) is 43.3 Å². The van der Waals surface area contributed by atoms with E-state index < -0.39 is 15.9 Å². The normalized spacial score (nSPS) is 11.3. The second-order valence-corrected chi connectivity index (χ2v) is 9.69. The van der Waals surface area contributed by atoms with Crippen LogP contribution in [0.25, 0.3) is 0 Å². The zero-order chi connectivity index (χ0) is 22.8. The van der Waals surface area contributed by atoms with Crippen LogP contribution in [0.2, 0.25) is 10.0 Å². The molecule has 0 fully saturated rings. The number of benzene rings is 3. The highest BCUT2D eigenvalue weighted by Gasteiger charge is 2.28. The molecule has 0 aliphatic rings. The minimum Gasteiger partial charge on any atom is -0.322 e. The van der Waals surface area contributed by atoms with Gasteiger partial charge in [0.15, 0.2) is 0 Å². The number of amides is 1. The number of aryl methyl sites for hydroxylation is 2. The molecule has 0 saturated carbocycles. The van der Waals surface area contributed by atoms with E-state index in [1.165, 1.54) is 16.4 Å². The van der Waals surface area contributed by atoms with Crippen LogP contribution in [0.15, 0.2) is 65.6 Å². The number of para-hydroxylation sites is 1. The lowest BCUT2D eigenvalue weighted by atomic mass is 10.1. The highest BCUT2D eigenvalue weighted by atomic mass is 35.5. The average molecular weight is 477 g/mol. The molecule has 0 atom stereocenters. The van der Waals surface area contributed by atoms with Crippen LogP contribution in [0.3, 0.4) is 0 Å². The van der Waals surface area contributed by atoms with Crippen molar-refractivity contribution in [3.63, 3.8) is 0 Å². The summed E-state index contributed by atoms with van der Waals surface area (Å²) in [6.45, 7) is 5.75. The molecule has 3 aromatic rings. The molecule has 0 bridgehead atoms. The van der Waals surface area contributed by atoms with E-state index in [9.17, 15) is 13.2 Å². The summed E-state index contributed by atoms with van der Waals surface area (Å²) in [5.74, 6) is -0.521. The number of carbonyl (C=O) groups is 1. The van der Waals surface area contributed by atoms with Gasteiger partial charge in [-0.15, -0.1) is 0 Å². The summed E-state index contributed by atoms with van der Waals surface area (Å²) in [7, 11) is -4.03. The predicted octanol–water partition coefficient (Wildman–Crippen LogP) is 6.08. The molecule has 0 aromatic heterocycles. The van der Waals surface area contributed by atoms with Gasteiger partial charge in [0.25, 0.3) is 15.9 Å². The first-order valence-electron chi connectivity index (χ1n) is 9.60.